The topological polar surface area (TPSA) is 63.7 Å². The molecule has 0 unspecified atom stereocenters. The first-order valence-electron chi connectivity index (χ1n) is 6.80. The number of esters is 1. The van der Waals surface area contributed by atoms with Gasteiger partial charge in [0.05, 0.1) is 17.9 Å². The first kappa shape index (κ1) is 14.5. The van der Waals surface area contributed by atoms with Crippen molar-refractivity contribution in [2.75, 3.05) is 11.5 Å². The van der Waals surface area contributed by atoms with E-state index in [-0.39, 0.29) is 6.61 Å². The molecule has 6 heteroatoms. The third kappa shape index (κ3) is 2.03. The van der Waals surface area contributed by atoms with Gasteiger partial charge in [-0.15, -0.1) is 11.3 Å². The Labute approximate surface area is 131 Å². The van der Waals surface area contributed by atoms with Crippen molar-refractivity contribution in [2.45, 2.75) is 13.8 Å². The van der Waals surface area contributed by atoms with E-state index >= 15 is 0 Å². The van der Waals surface area contributed by atoms with Gasteiger partial charge in [-0.25, -0.2) is 4.79 Å². The number of hydrogen-bond acceptors (Lipinski definition) is 5. The number of rotatable bonds is 3. The lowest BCUT2D eigenvalue weighted by atomic mass is 10.2. The van der Waals surface area contributed by atoms with E-state index in [1.165, 1.54) is 4.90 Å². The van der Waals surface area contributed by atoms with Crippen LogP contribution in [-0.2, 0) is 9.53 Å². The largest absolute Gasteiger partial charge is 0.462 e. The number of hydrogen-bond donors (Lipinski definition) is 0. The lowest BCUT2D eigenvalue weighted by Crippen LogP contribution is -2.26. The number of Topliss-reactive ketones (excluding diaryl/α,β-unsaturated/α-hetero) is 1. The Morgan fingerprint density at radius 3 is 2.55 bits per heavy atom. The minimum atomic E-state index is -0.641. The van der Waals surface area contributed by atoms with Gasteiger partial charge in [-0.05, 0) is 26.0 Å². The zero-order valence-electron chi connectivity index (χ0n) is 12.1. The van der Waals surface area contributed by atoms with E-state index in [0.717, 1.165) is 11.3 Å². The molecule has 0 atom stereocenters. The van der Waals surface area contributed by atoms with Crippen LogP contribution in [0.2, 0.25) is 0 Å². The number of fused-ring (bicyclic) bond motifs is 1. The highest BCUT2D eigenvalue weighted by Crippen LogP contribution is 2.44. The van der Waals surface area contributed by atoms with Crippen molar-refractivity contribution in [3.05, 3.63) is 45.6 Å². The van der Waals surface area contributed by atoms with Crippen molar-refractivity contribution in [2.24, 2.45) is 0 Å². The van der Waals surface area contributed by atoms with Crippen LogP contribution in [-0.4, -0.2) is 24.3 Å². The quantitative estimate of drug-likeness (QED) is 0.645. The number of ether oxygens (including phenoxy) is 1. The average Bonchev–Trinajstić information content (AvgIpc) is 2.95. The molecule has 0 fully saturated rings. The van der Waals surface area contributed by atoms with Crippen molar-refractivity contribution in [1.29, 1.82) is 0 Å². The molecule has 112 valence electrons. The summed E-state index contributed by atoms with van der Waals surface area (Å²) in [7, 11) is 0. The highest BCUT2D eigenvalue weighted by molar-refractivity contribution is 7.16. The summed E-state index contributed by atoms with van der Waals surface area (Å²) < 4.78 is 5.07. The number of aryl methyl sites for hydroxylation is 1. The van der Waals surface area contributed by atoms with Gasteiger partial charge in [0.25, 0.3) is 5.78 Å². The Balaban J connectivity index is 2.20. The Kier molecular flexibility index (Phi) is 3.54. The molecule has 0 spiro atoms. The Morgan fingerprint density at radius 2 is 1.91 bits per heavy atom. The number of thiophene rings is 1. The number of para-hydroxylation sites is 1. The summed E-state index contributed by atoms with van der Waals surface area (Å²) in [6.07, 6.45) is 0. The lowest BCUT2D eigenvalue weighted by Gasteiger charge is -2.17. The van der Waals surface area contributed by atoms with Crippen LogP contribution >= 0.6 is 11.3 Å². The van der Waals surface area contributed by atoms with E-state index in [0.29, 0.717) is 26.7 Å². The molecule has 1 aromatic heterocycles. The van der Waals surface area contributed by atoms with Crippen LogP contribution in [0.5, 0.6) is 0 Å². The molecule has 0 saturated carbocycles. The number of amides is 1. The monoisotopic (exact) mass is 315 g/mol. The highest BCUT2D eigenvalue weighted by atomic mass is 32.1. The molecule has 0 aliphatic carbocycles. The molecule has 0 N–H and O–H groups in total. The summed E-state index contributed by atoms with van der Waals surface area (Å²) in [5.41, 5.74) is 1.20. The minimum absolute atomic E-state index is 0.232. The fraction of sp³-hybridized carbons (Fsp3) is 0.188. The van der Waals surface area contributed by atoms with Gasteiger partial charge >= 0.3 is 11.9 Å². The number of nitrogens with zero attached hydrogens (tertiary/aromatic N) is 1. The van der Waals surface area contributed by atoms with Crippen LogP contribution in [0.25, 0.3) is 0 Å². The van der Waals surface area contributed by atoms with Gasteiger partial charge < -0.3 is 4.74 Å². The minimum Gasteiger partial charge on any atom is -0.462 e. The van der Waals surface area contributed by atoms with Crippen molar-refractivity contribution in [1.82, 2.24) is 0 Å². The van der Waals surface area contributed by atoms with Gasteiger partial charge in [-0.2, -0.15) is 0 Å². The number of benzene rings is 1. The van der Waals surface area contributed by atoms with Crippen molar-refractivity contribution < 1.29 is 19.1 Å². The fourth-order valence-electron chi connectivity index (χ4n) is 2.47. The van der Waals surface area contributed by atoms with Crippen LogP contribution in [0.15, 0.2) is 30.3 Å². The van der Waals surface area contributed by atoms with Gasteiger partial charge in [0.15, 0.2) is 0 Å². The Morgan fingerprint density at radius 1 is 1.23 bits per heavy atom. The zero-order valence-corrected chi connectivity index (χ0v) is 12.9. The lowest BCUT2D eigenvalue weighted by molar-refractivity contribution is -0.113. The molecule has 1 amide bonds. The zero-order chi connectivity index (χ0) is 15.9. The first-order chi connectivity index (χ1) is 10.6. The normalized spacial score (nSPS) is 13.5. The molecule has 5 nitrogen and oxygen atoms in total. The van der Waals surface area contributed by atoms with E-state index in [1.807, 2.05) is 6.07 Å². The number of anilines is 2. The SMILES string of the molecule is CCOC(=O)c1c(C)sc2c1N(c1ccccc1)C(=O)C2=O. The molecule has 0 saturated heterocycles. The maximum absolute atomic E-state index is 12.3. The highest BCUT2D eigenvalue weighted by Gasteiger charge is 2.43. The second-order valence-electron chi connectivity index (χ2n) is 4.74. The van der Waals surface area contributed by atoms with E-state index in [1.54, 1.807) is 38.1 Å². The number of carbonyl (C=O) groups is 3. The van der Waals surface area contributed by atoms with Crippen molar-refractivity contribution in [3.63, 3.8) is 0 Å². The smallest absolute Gasteiger partial charge is 0.341 e. The Bertz CT molecular complexity index is 779. The number of carbonyl (C=O) groups excluding carboxylic acids is 3. The van der Waals surface area contributed by atoms with Gasteiger partial charge in [0, 0.05) is 10.6 Å². The molecular weight excluding hydrogens is 302 g/mol. The standard InChI is InChI=1S/C16H13NO4S/c1-3-21-16(20)11-9(2)22-14-12(11)17(15(19)13(14)18)10-7-5-4-6-8-10/h4-8H,3H2,1-2H3. The van der Waals surface area contributed by atoms with E-state index in [9.17, 15) is 14.4 Å². The first-order valence-corrected chi connectivity index (χ1v) is 7.62. The predicted octanol–water partition coefficient (Wildman–Crippen LogP) is 3.09. The molecule has 0 bridgehead atoms. The van der Waals surface area contributed by atoms with Gasteiger partial charge in [-0.1, -0.05) is 18.2 Å². The molecule has 2 aromatic rings. The van der Waals surface area contributed by atoms with Gasteiger partial charge in [0.2, 0.25) is 0 Å². The van der Waals surface area contributed by atoms with E-state index < -0.39 is 17.7 Å². The van der Waals surface area contributed by atoms with Crippen LogP contribution in [0.1, 0.15) is 31.8 Å². The molecule has 1 aliphatic rings. The van der Waals surface area contributed by atoms with Crippen LogP contribution in [0, 0.1) is 6.92 Å². The molecule has 3 rings (SSSR count). The fourth-order valence-corrected chi connectivity index (χ4v) is 3.53. The van der Waals surface area contributed by atoms with Crippen LogP contribution < -0.4 is 4.90 Å². The second-order valence-corrected chi connectivity index (χ2v) is 5.96. The van der Waals surface area contributed by atoms with Crippen molar-refractivity contribution in [3.8, 4) is 0 Å². The predicted molar refractivity (Wildman–Crippen MR) is 82.9 cm³/mol. The van der Waals surface area contributed by atoms with Crippen molar-refractivity contribution >= 4 is 40.4 Å². The molecule has 1 aromatic carbocycles. The van der Waals surface area contributed by atoms with Crippen LogP contribution in [0.3, 0.4) is 0 Å². The average molecular weight is 315 g/mol. The summed E-state index contributed by atoms with van der Waals surface area (Å²) in [6, 6.07) is 8.81. The summed E-state index contributed by atoms with van der Waals surface area (Å²) in [4.78, 5) is 39.0. The summed E-state index contributed by atoms with van der Waals surface area (Å²) in [5, 5.41) is 0. The Hall–Kier alpha value is -2.47. The molecule has 1 aliphatic heterocycles. The van der Waals surface area contributed by atoms with Gasteiger partial charge in [-0.3, -0.25) is 14.5 Å². The molecule has 2 heterocycles. The summed E-state index contributed by atoms with van der Waals surface area (Å²) in [6.45, 7) is 3.69. The van der Waals surface area contributed by atoms with Gasteiger partial charge in [0.1, 0.15) is 4.88 Å². The number of ketones is 1. The van der Waals surface area contributed by atoms with E-state index in [4.69, 9.17) is 4.74 Å². The third-order valence-electron chi connectivity index (χ3n) is 3.38. The van der Waals surface area contributed by atoms with E-state index in [2.05, 4.69) is 0 Å². The third-order valence-corrected chi connectivity index (χ3v) is 4.47. The maximum Gasteiger partial charge on any atom is 0.341 e. The molecular formula is C16H13NO4S. The summed E-state index contributed by atoms with van der Waals surface area (Å²) >= 11 is 1.16. The second kappa shape index (κ2) is 5.38. The van der Waals surface area contributed by atoms with Crippen LogP contribution in [0.4, 0.5) is 11.4 Å². The summed E-state index contributed by atoms with van der Waals surface area (Å²) in [5.74, 6) is -1.73. The molecule has 0 radical (unpaired) electrons. The molecule has 22 heavy (non-hydrogen) atoms. The maximum atomic E-state index is 12.3.